The number of carbonyl (C=O) groups is 2. The standard InChI is InChI=1S/C21H24N6O6/c28-19(25-6-8-26(9-7-25)21-22-4-1-5-23-21)15-33-20(29)16-2-3-17(18(14-16)27(30)31)24-10-12-32-13-11-24/h1-5,14H,6-13,15H2. The van der Waals surface area contributed by atoms with E-state index in [1.165, 1.54) is 18.2 Å². The molecule has 0 bridgehead atoms. The van der Waals surface area contributed by atoms with Gasteiger partial charge in [-0.3, -0.25) is 14.9 Å². The monoisotopic (exact) mass is 456 g/mol. The van der Waals surface area contributed by atoms with Gasteiger partial charge in [0.15, 0.2) is 6.61 Å². The van der Waals surface area contributed by atoms with Crippen molar-refractivity contribution in [3.63, 3.8) is 0 Å². The van der Waals surface area contributed by atoms with Crippen LogP contribution in [-0.2, 0) is 14.3 Å². The van der Waals surface area contributed by atoms with E-state index in [-0.39, 0.29) is 17.2 Å². The number of nitrogens with zero attached hydrogens (tertiary/aromatic N) is 6. The highest BCUT2D eigenvalue weighted by atomic mass is 16.6. The topological polar surface area (TPSA) is 131 Å². The normalized spacial score (nSPS) is 16.4. The Morgan fingerprint density at radius 1 is 1.03 bits per heavy atom. The summed E-state index contributed by atoms with van der Waals surface area (Å²) in [5, 5.41) is 11.6. The fourth-order valence-electron chi connectivity index (χ4n) is 3.78. The number of amides is 1. The summed E-state index contributed by atoms with van der Waals surface area (Å²) in [6.07, 6.45) is 3.33. The average molecular weight is 456 g/mol. The first kappa shape index (κ1) is 22.4. The Morgan fingerprint density at radius 2 is 1.73 bits per heavy atom. The van der Waals surface area contributed by atoms with E-state index >= 15 is 0 Å². The maximum Gasteiger partial charge on any atom is 0.338 e. The Morgan fingerprint density at radius 3 is 2.39 bits per heavy atom. The van der Waals surface area contributed by atoms with Gasteiger partial charge in [0.05, 0.1) is 23.7 Å². The number of esters is 1. The van der Waals surface area contributed by atoms with Gasteiger partial charge in [0.1, 0.15) is 5.69 Å². The van der Waals surface area contributed by atoms with Crippen LogP contribution >= 0.6 is 0 Å². The molecule has 0 N–H and O–H groups in total. The lowest BCUT2D eigenvalue weighted by atomic mass is 10.1. The van der Waals surface area contributed by atoms with Gasteiger partial charge in [0, 0.05) is 57.7 Å². The van der Waals surface area contributed by atoms with Crippen LogP contribution in [0.5, 0.6) is 0 Å². The molecule has 2 fully saturated rings. The van der Waals surface area contributed by atoms with Gasteiger partial charge in [-0.15, -0.1) is 0 Å². The minimum Gasteiger partial charge on any atom is -0.452 e. The molecule has 2 aliphatic heterocycles. The highest BCUT2D eigenvalue weighted by Gasteiger charge is 2.26. The van der Waals surface area contributed by atoms with Crippen LogP contribution in [0.15, 0.2) is 36.7 Å². The Kier molecular flexibility index (Phi) is 6.93. The van der Waals surface area contributed by atoms with Crippen molar-refractivity contribution in [2.24, 2.45) is 0 Å². The third-order valence-electron chi connectivity index (χ3n) is 5.55. The molecular formula is C21H24N6O6. The van der Waals surface area contributed by atoms with Crippen molar-refractivity contribution in [2.75, 3.05) is 68.9 Å². The first-order valence-corrected chi connectivity index (χ1v) is 10.6. The third kappa shape index (κ3) is 5.34. The lowest BCUT2D eigenvalue weighted by molar-refractivity contribution is -0.384. The number of hydrogen-bond acceptors (Lipinski definition) is 10. The molecule has 1 aromatic heterocycles. The van der Waals surface area contributed by atoms with Gasteiger partial charge in [0.2, 0.25) is 5.95 Å². The van der Waals surface area contributed by atoms with Crippen LogP contribution < -0.4 is 9.80 Å². The molecule has 12 nitrogen and oxygen atoms in total. The number of hydrogen-bond donors (Lipinski definition) is 0. The summed E-state index contributed by atoms with van der Waals surface area (Å²) in [6.45, 7) is 3.64. The Balaban J connectivity index is 1.32. The highest BCUT2D eigenvalue weighted by molar-refractivity contribution is 5.93. The molecule has 0 saturated carbocycles. The van der Waals surface area contributed by atoms with Crippen molar-refractivity contribution in [1.29, 1.82) is 0 Å². The summed E-state index contributed by atoms with van der Waals surface area (Å²) in [5.41, 5.74) is 0.269. The van der Waals surface area contributed by atoms with Gasteiger partial charge in [0.25, 0.3) is 11.6 Å². The van der Waals surface area contributed by atoms with Crippen molar-refractivity contribution >= 4 is 29.2 Å². The summed E-state index contributed by atoms with van der Waals surface area (Å²) in [5.74, 6) is -0.495. The van der Waals surface area contributed by atoms with Crippen LogP contribution in [0.25, 0.3) is 0 Å². The van der Waals surface area contributed by atoms with E-state index in [4.69, 9.17) is 9.47 Å². The molecule has 0 radical (unpaired) electrons. The van der Waals surface area contributed by atoms with E-state index in [1.807, 2.05) is 9.80 Å². The van der Waals surface area contributed by atoms with Gasteiger partial charge >= 0.3 is 5.97 Å². The molecule has 174 valence electrons. The minimum absolute atomic E-state index is 0.0255. The molecule has 0 atom stereocenters. The molecule has 2 aliphatic rings. The maximum absolute atomic E-state index is 12.5. The van der Waals surface area contributed by atoms with Crippen LogP contribution in [0.1, 0.15) is 10.4 Å². The summed E-state index contributed by atoms with van der Waals surface area (Å²) in [4.78, 5) is 49.8. The number of benzene rings is 1. The minimum atomic E-state index is -0.781. The number of carbonyl (C=O) groups excluding carboxylic acids is 2. The van der Waals surface area contributed by atoms with Crippen molar-refractivity contribution in [3.8, 4) is 0 Å². The van der Waals surface area contributed by atoms with Gasteiger partial charge in [-0.2, -0.15) is 0 Å². The Labute approximate surface area is 189 Å². The van der Waals surface area contributed by atoms with Crippen molar-refractivity contribution in [1.82, 2.24) is 14.9 Å². The van der Waals surface area contributed by atoms with Gasteiger partial charge in [-0.1, -0.05) is 0 Å². The van der Waals surface area contributed by atoms with Gasteiger partial charge in [-0.25, -0.2) is 14.8 Å². The number of nitro benzene ring substituents is 1. The SMILES string of the molecule is O=C(OCC(=O)N1CCN(c2ncccn2)CC1)c1ccc(N2CCOCC2)c([N+](=O)[O-])c1. The Bertz CT molecular complexity index is 1010. The largest absolute Gasteiger partial charge is 0.452 e. The second kappa shape index (κ2) is 10.2. The third-order valence-corrected chi connectivity index (χ3v) is 5.55. The molecule has 2 saturated heterocycles. The zero-order valence-electron chi connectivity index (χ0n) is 18.0. The predicted molar refractivity (Wildman–Crippen MR) is 117 cm³/mol. The molecule has 4 rings (SSSR count). The summed E-state index contributed by atoms with van der Waals surface area (Å²) >= 11 is 0. The van der Waals surface area contributed by atoms with E-state index in [1.54, 1.807) is 23.4 Å². The van der Waals surface area contributed by atoms with Crippen LogP contribution in [0.4, 0.5) is 17.3 Å². The molecule has 12 heteroatoms. The number of morpholine rings is 1. The summed E-state index contributed by atoms with van der Waals surface area (Å²) < 4.78 is 10.4. The van der Waals surface area contributed by atoms with Crippen molar-refractivity contribution in [3.05, 3.63) is 52.3 Å². The first-order chi connectivity index (χ1) is 16.0. The van der Waals surface area contributed by atoms with Gasteiger partial charge in [-0.05, 0) is 18.2 Å². The molecule has 2 aromatic rings. The quantitative estimate of drug-likeness (QED) is 0.348. The fourth-order valence-corrected chi connectivity index (χ4v) is 3.78. The molecule has 3 heterocycles. The number of ether oxygens (including phenoxy) is 2. The lowest BCUT2D eigenvalue weighted by Crippen LogP contribution is -2.50. The molecule has 0 unspecified atom stereocenters. The molecule has 1 aromatic carbocycles. The smallest absolute Gasteiger partial charge is 0.338 e. The number of anilines is 2. The first-order valence-electron chi connectivity index (χ1n) is 10.6. The van der Waals surface area contributed by atoms with E-state index in [0.717, 1.165) is 0 Å². The number of aromatic nitrogens is 2. The maximum atomic E-state index is 12.5. The van der Waals surface area contributed by atoms with E-state index in [9.17, 15) is 19.7 Å². The predicted octanol–water partition coefficient (Wildman–Crippen LogP) is 0.727. The van der Waals surface area contributed by atoms with E-state index < -0.39 is 17.5 Å². The number of rotatable bonds is 6. The van der Waals surface area contributed by atoms with Crippen LogP contribution in [0, 0.1) is 10.1 Å². The molecule has 0 aliphatic carbocycles. The zero-order chi connectivity index (χ0) is 23.2. The number of piperazine rings is 1. The van der Waals surface area contributed by atoms with Crippen LogP contribution in [0.3, 0.4) is 0 Å². The lowest BCUT2D eigenvalue weighted by Gasteiger charge is -2.34. The average Bonchev–Trinajstić information content (AvgIpc) is 2.87. The molecular weight excluding hydrogens is 432 g/mol. The molecule has 33 heavy (non-hydrogen) atoms. The van der Waals surface area contributed by atoms with Crippen molar-refractivity contribution < 1.29 is 24.0 Å². The second-order valence-corrected chi connectivity index (χ2v) is 7.55. The van der Waals surface area contributed by atoms with E-state index in [2.05, 4.69) is 9.97 Å². The number of nitro groups is 1. The van der Waals surface area contributed by atoms with Crippen molar-refractivity contribution in [2.45, 2.75) is 0 Å². The van der Waals surface area contributed by atoms with Gasteiger partial charge < -0.3 is 24.2 Å². The van der Waals surface area contributed by atoms with E-state index in [0.29, 0.717) is 64.1 Å². The zero-order valence-corrected chi connectivity index (χ0v) is 18.0. The molecule has 1 amide bonds. The summed E-state index contributed by atoms with van der Waals surface area (Å²) in [6, 6.07) is 5.94. The summed E-state index contributed by atoms with van der Waals surface area (Å²) in [7, 11) is 0. The van der Waals surface area contributed by atoms with Crippen LogP contribution in [-0.4, -0.2) is 90.8 Å². The second-order valence-electron chi connectivity index (χ2n) is 7.55. The van der Waals surface area contributed by atoms with Crippen LogP contribution in [0.2, 0.25) is 0 Å². The Hall–Kier alpha value is -3.80. The highest BCUT2D eigenvalue weighted by Crippen LogP contribution is 2.30. The fraction of sp³-hybridized carbons (Fsp3) is 0.429. The molecule has 0 spiro atoms.